The molecule has 0 radical (unpaired) electrons. The van der Waals surface area contributed by atoms with Crippen molar-refractivity contribution in [3.05, 3.63) is 54.1 Å². The number of benzene rings is 1. The van der Waals surface area contributed by atoms with E-state index in [-0.39, 0.29) is 10.8 Å². The van der Waals surface area contributed by atoms with Crippen LogP contribution in [0.3, 0.4) is 0 Å². The average molecular weight is 406 g/mol. The summed E-state index contributed by atoms with van der Waals surface area (Å²) in [7, 11) is 0. The predicted molar refractivity (Wildman–Crippen MR) is 121 cm³/mol. The van der Waals surface area contributed by atoms with Gasteiger partial charge in [-0.15, -0.1) is 6.58 Å². The van der Waals surface area contributed by atoms with Crippen molar-refractivity contribution in [3.63, 3.8) is 0 Å². The highest BCUT2D eigenvalue weighted by molar-refractivity contribution is 5.91. The molecule has 0 saturated heterocycles. The van der Waals surface area contributed by atoms with Crippen LogP contribution in [0.15, 0.2) is 48.6 Å². The first-order valence-corrected chi connectivity index (χ1v) is 11.7. The number of aliphatic hydroxyl groups is 1. The third-order valence-electron chi connectivity index (χ3n) is 9.84. The molecule has 1 aromatic rings. The number of hydrogen-bond acceptors (Lipinski definition) is 3. The first-order valence-electron chi connectivity index (χ1n) is 11.7. The van der Waals surface area contributed by atoms with Crippen molar-refractivity contribution in [1.29, 1.82) is 0 Å². The van der Waals surface area contributed by atoms with Crippen LogP contribution >= 0.6 is 0 Å². The van der Waals surface area contributed by atoms with Crippen LogP contribution in [0.1, 0.15) is 70.3 Å². The molecule has 4 aliphatic rings. The highest BCUT2D eigenvalue weighted by Crippen LogP contribution is 2.70. The molecule has 0 amide bonds. The smallest absolute Gasteiger partial charge is 0.155 e. The minimum atomic E-state index is -0.797. The van der Waals surface area contributed by atoms with Crippen LogP contribution in [-0.4, -0.2) is 16.5 Å². The summed E-state index contributed by atoms with van der Waals surface area (Å²) in [5.74, 6) is 2.22. The van der Waals surface area contributed by atoms with E-state index < -0.39 is 5.60 Å². The zero-order valence-electron chi connectivity index (χ0n) is 18.4. The Kier molecular flexibility index (Phi) is 4.39. The van der Waals surface area contributed by atoms with Crippen LogP contribution in [0.25, 0.3) is 0 Å². The van der Waals surface area contributed by atoms with Gasteiger partial charge < -0.3 is 10.8 Å². The Morgan fingerprint density at radius 2 is 1.87 bits per heavy atom. The normalized spacial score (nSPS) is 45.2. The molecule has 3 N–H and O–H groups in total. The summed E-state index contributed by atoms with van der Waals surface area (Å²) < 4.78 is 0. The molecule has 4 aliphatic carbocycles. The Balaban J connectivity index is 1.66. The van der Waals surface area contributed by atoms with Gasteiger partial charge in [0.2, 0.25) is 0 Å². The molecule has 0 aromatic heterocycles. The van der Waals surface area contributed by atoms with Gasteiger partial charge in [-0.05, 0) is 91.4 Å². The number of ketones is 1. The minimum Gasteiger partial charge on any atom is -0.399 e. The maximum atomic E-state index is 12.2. The van der Waals surface area contributed by atoms with Crippen LogP contribution in [0.5, 0.6) is 0 Å². The number of nitrogen functional groups attached to an aromatic ring is 1. The fourth-order valence-corrected chi connectivity index (χ4v) is 8.18. The Hall–Kier alpha value is -1.87. The summed E-state index contributed by atoms with van der Waals surface area (Å²) in [6.45, 7) is 8.77. The van der Waals surface area contributed by atoms with Gasteiger partial charge in [0.05, 0.1) is 5.60 Å². The predicted octanol–water partition coefficient (Wildman–Crippen LogP) is 5.41. The summed E-state index contributed by atoms with van der Waals surface area (Å²) in [6.07, 6.45) is 10.4. The van der Waals surface area contributed by atoms with Gasteiger partial charge >= 0.3 is 0 Å². The number of fused-ring (bicyclic) bond motifs is 5. The summed E-state index contributed by atoms with van der Waals surface area (Å²) in [5.41, 5.74) is 8.62. The van der Waals surface area contributed by atoms with E-state index in [0.29, 0.717) is 35.9 Å². The second-order valence-corrected chi connectivity index (χ2v) is 10.9. The van der Waals surface area contributed by atoms with Crippen molar-refractivity contribution in [2.75, 3.05) is 5.73 Å². The number of allylic oxidation sites excluding steroid dienone is 1. The van der Waals surface area contributed by atoms with Gasteiger partial charge in [0.1, 0.15) is 0 Å². The third-order valence-corrected chi connectivity index (χ3v) is 9.84. The summed E-state index contributed by atoms with van der Waals surface area (Å²) in [5, 5.41) is 11.6. The number of rotatable bonds is 2. The standard InChI is InChI=1S/C27H35NO2/c1-4-27(30)14-12-23-21-10-7-18-15-20(29)11-13-25(18,2)24(21)22(16-26(23,27)3)17-5-8-19(28)9-6-17/h4-6,8-9,15,21-24,30H,1,7,10-14,16,28H2,2-3H3/t21-,22+,23-,24+,25-,26-,27-/m0/s1. The van der Waals surface area contributed by atoms with Gasteiger partial charge in [-0.3, -0.25) is 4.79 Å². The topological polar surface area (TPSA) is 63.3 Å². The molecule has 7 atom stereocenters. The zero-order chi connectivity index (χ0) is 21.3. The lowest BCUT2D eigenvalue weighted by molar-refractivity contribution is -0.123. The van der Waals surface area contributed by atoms with Gasteiger partial charge in [0, 0.05) is 17.5 Å². The zero-order valence-corrected chi connectivity index (χ0v) is 18.4. The highest BCUT2D eigenvalue weighted by Gasteiger charge is 2.65. The third kappa shape index (κ3) is 2.57. The maximum absolute atomic E-state index is 12.2. The molecule has 0 heterocycles. The van der Waals surface area contributed by atoms with Gasteiger partial charge in [-0.1, -0.05) is 37.6 Å². The van der Waals surface area contributed by atoms with Gasteiger partial charge in [0.15, 0.2) is 5.78 Å². The van der Waals surface area contributed by atoms with E-state index in [9.17, 15) is 9.90 Å². The molecule has 3 saturated carbocycles. The van der Waals surface area contributed by atoms with Gasteiger partial charge in [0.25, 0.3) is 0 Å². The summed E-state index contributed by atoms with van der Waals surface area (Å²) in [4.78, 5) is 12.2. The molecular formula is C27H35NO2. The van der Waals surface area contributed by atoms with Crippen molar-refractivity contribution < 1.29 is 9.90 Å². The molecule has 0 bridgehead atoms. The summed E-state index contributed by atoms with van der Waals surface area (Å²) in [6, 6.07) is 8.41. The Morgan fingerprint density at radius 1 is 1.13 bits per heavy atom. The maximum Gasteiger partial charge on any atom is 0.155 e. The second kappa shape index (κ2) is 6.56. The largest absolute Gasteiger partial charge is 0.399 e. The first-order chi connectivity index (χ1) is 14.2. The van der Waals surface area contributed by atoms with Crippen molar-refractivity contribution in [1.82, 2.24) is 0 Å². The summed E-state index contributed by atoms with van der Waals surface area (Å²) >= 11 is 0. The molecule has 1 aromatic carbocycles. The first kappa shape index (κ1) is 20.1. The molecule has 3 fully saturated rings. The van der Waals surface area contributed by atoms with Crippen LogP contribution < -0.4 is 5.73 Å². The van der Waals surface area contributed by atoms with Crippen molar-refractivity contribution >= 4 is 11.5 Å². The lowest BCUT2D eigenvalue weighted by atomic mass is 9.43. The monoisotopic (exact) mass is 405 g/mol. The molecule has 3 heteroatoms. The van der Waals surface area contributed by atoms with Crippen LogP contribution in [0, 0.1) is 28.6 Å². The second-order valence-electron chi connectivity index (χ2n) is 10.9. The van der Waals surface area contributed by atoms with E-state index in [4.69, 9.17) is 5.73 Å². The average Bonchev–Trinajstić information content (AvgIpc) is 3.00. The van der Waals surface area contributed by atoms with E-state index in [2.05, 4.69) is 32.6 Å². The van der Waals surface area contributed by atoms with Crippen LogP contribution in [-0.2, 0) is 4.79 Å². The van der Waals surface area contributed by atoms with E-state index >= 15 is 0 Å². The number of nitrogens with two attached hydrogens (primary N) is 1. The van der Waals surface area contributed by atoms with E-state index in [1.54, 1.807) is 0 Å². The Labute approximate surface area is 180 Å². The van der Waals surface area contributed by atoms with Crippen LogP contribution in [0.4, 0.5) is 5.69 Å². The minimum absolute atomic E-state index is 0.0685. The Morgan fingerprint density at radius 3 is 2.57 bits per heavy atom. The number of hydrogen-bond donors (Lipinski definition) is 2. The molecule has 30 heavy (non-hydrogen) atoms. The van der Waals surface area contributed by atoms with E-state index in [0.717, 1.165) is 44.2 Å². The van der Waals surface area contributed by atoms with Crippen molar-refractivity contribution in [2.24, 2.45) is 28.6 Å². The SMILES string of the molecule is C=C[C@]1(O)CC[C@H]2[C@@H]3CCC4=CC(=O)CC[C@]4(C)[C@H]3[C@@H](c3ccc(N)cc3)C[C@@]21C. The van der Waals surface area contributed by atoms with Crippen molar-refractivity contribution in [2.45, 2.75) is 70.3 Å². The van der Waals surface area contributed by atoms with E-state index in [1.165, 1.54) is 11.1 Å². The number of carbonyl (C=O) groups excluding carboxylic acids is 1. The Bertz CT molecular complexity index is 917. The van der Waals surface area contributed by atoms with Crippen molar-refractivity contribution in [3.8, 4) is 0 Å². The van der Waals surface area contributed by atoms with Gasteiger partial charge in [-0.2, -0.15) is 0 Å². The lowest BCUT2D eigenvalue weighted by Crippen LogP contribution is -2.56. The molecule has 0 aliphatic heterocycles. The quantitative estimate of drug-likeness (QED) is 0.511. The molecule has 0 spiro atoms. The molecular weight excluding hydrogens is 370 g/mol. The molecule has 160 valence electrons. The van der Waals surface area contributed by atoms with Gasteiger partial charge in [-0.25, -0.2) is 0 Å². The lowest BCUT2D eigenvalue weighted by Gasteiger charge is -2.62. The molecule has 3 nitrogen and oxygen atoms in total. The highest BCUT2D eigenvalue weighted by atomic mass is 16.3. The van der Waals surface area contributed by atoms with Crippen LogP contribution in [0.2, 0.25) is 0 Å². The fourth-order valence-electron chi connectivity index (χ4n) is 8.18. The number of anilines is 1. The molecule has 5 rings (SSSR count). The number of carbonyl (C=O) groups is 1. The molecule has 0 unspecified atom stereocenters. The fraction of sp³-hybridized carbons (Fsp3) is 0.593. The van der Waals surface area contributed by atoms with E-state index in [1.807, 2.05) is 24.3 Å².